The van der Waals surface area contributed by atoms with E-state index in [2.05, 4.69) is 26.8 Å². The summed E-state index contributed by atoms with van der Waals surface area (Å²) in [7, 11) is 1.80. The number of nitrogens with two attached hydrogens (primary N) is 1. The molecule has 0 saturated carbocycles. The molecule has 1 unspecified atom stereocenters. The molecule has 180 valence electrons. The molecule has 4 aliphatic heterocycles. The molecule has 2 amide bonds. The Bertz CT molecular complexity index is 1090. The van der Waals surface area contributed by atoms with E-state index in [1.165, 1.54) is 11.8 Å². The molecule has 6 heterocycles. The van der Waals surface area contributed by atoms with E-state index in [1.807, 2.05) is 12.3 Å². The van der Waals surface area contributed by atoms with E-state index in [-0.39, 0.29) is 29.6 Å². The van der Waals surface area contributed by atoms with Crippen LogP contribution in [0.5, 0.6) is 5.75 Å². The van der Waals surface area contributed by atoms with Crippen molar-refractivity contribution in [2.45, 2.75) is 47.9 Å². The van der Waals surface area contributed by atoms with Gasteiger partial charge in [-0.3, -0.25) is 4.90 Å². The number of urea groups is 1. The van der Waals surface area contributed by atoms with Gasteiger partial charge in [0.15, 0.2) is 11.6 Å². The van der Waals surface area contributed by atoms with E-state index < -0.39 is 0 Å². The lowest BCUT2D eigenvalue weighted by molar-refractivity contribution is 0.0974. The van der Waals surface area contributed by atoms with Crippen LogP contribution in [0.1, 0.15) is 19.8 Å². The van der Waals surface area contributed by atoms with Gasteiger partial charge in [-0.1, -0.05) is 11.8 Å². The second kappa shape index (κ2) is 8.24. The summed E-state index contributed by atoms with van der Waals surface area (Å²) in [5, 5.41) is 0.765. The fourth-order valence-corrected chi connectivity index (χ4v) is 6.29. The van der Waals surface area contributed by atoms with Crippen molar-refractivity contribution in [3.63, 3.8) is 0 Å². The topological polar surface area (TPSA) is 110 Å². The van der Waals surface area contributed by atoms with Crippen LogP contribution in [0, 0.1) is 5.41 Å². The number of pyridine rings is 1. The van der Waals surface area contributed by atoms with Gasteiger partial charge in [0, 0.05) is 44.3 Å². The lowest BCUT2D eigenvalue weighted by Crippen LogP contribution is -2.50. The molecule has 10 nitrogen and oxygen atoms in total. The third-order valence-electron chi connectivity index (χ3n) is 7.64. The molecule has 2 aromatic rings. The summed E-state index contributed by atoms with van der Waals surface area (Å²) in [6, 6.07) is 1.94. The van der Waals surface area contributed by atoms with Gasteiger partial charge in [-0.15, -0.1) is 0 Å². The van der Waals surface area contributed by atoms with Crippen molar-refractivity contribution in [2.24, 2.45) is 11.1 Å². The number of likely N-dealkylation sites (N-methyl/N-ethyl adjacent to an activating group) is 1. The Morgan fingerprint density at radius 2 is 2.03 bits per heavy atom. The number of anilines is 2. The molecular weight excluding hydrogens is 454 g/mol. The van der Waals surface area contributed by atoms with Crippen LogP contribution in [-0.2, 0) is 4.74 Å². The number of hydrogen-bond acceptors (Lipinski definition) is 9. The predicted molar refractivity (Wildman–Crippen MR) is 127 cm³/mol. The van der Waals surface area contributed by atoms with Crippen LogP contribution in [0.15, 0.2) is 34.6 Å². The summed E-state index contributed by atoms with van der Waals surface area (Å²) in [6.07, 6.45) is 7.47. The van der Waals surface area contributed by atoms with Gasteiger partial charge in [0.25, 0.3) is 0 Å². The minimum absolute atomic E-state index is 0.00550. The number of carbonyl (C=O) groups excluding carboxylic acids is 1. The average Bonchev–Trinajstić information content (AvgIpc) is 3.30. The average molecular weight is 484 g/mol. The highest BCUT2D eigenvalue weighted by Crippen LogP contribution is 2.44. The maximum Gasteiger partial charge on any atom is 0.326 e. The van der Waals surface area contributed by atoms with Crippen LogP contribution >= 0.6 is 11.8 Å². The van der Waals surface area contributed by atoms with Gasteiger partial charge in [0.1, 0.15) is 17.5 Å². The maximum atomic E-state index is 12.6. The highest BCUT2D eigenvalue weighted by Gasteiger charge is 2.47. The number of aromatic nitrogens is 3. The molecule has 6 rings (SSSR count). The second-order valence-electron chi connectivity index (χ2n) is 9.67. The first-order valence-corrected chi connectivity index (χ1v) is 12.5. The minimum atomic E-state index is -0.0452. The molecular formula is C23H29N7O3S. The molecule has 1 spiro atoms. The van der Waals surface area contributed by atoms with Crippen LogP contribution in [-0.4, -0.2) is 84.0 Å². The summed E-state index contributed by atoms with van der Waals surface area (Å²) in [4.78, 5) is 33.0. The third-order valence-corrected chi connectivity index (χ3v) is 8.60. The van der Waals surface area contributed by atoms with Gasteiger partial charge >= 0.3 is 6.03 Å². The molecule has 3 atom stereocenters. The van der Waals surface area contributed by atoms with Crippen LogP contribution in [0.25, 0.3) is 0 Å². The van der Waals surface area contributed by atoms with Gasteiger partial charge < -0.3 is 25.0 Å². The Hall–Kier alpha value is -2.63. The second-order valence-corrected chi connectivity index (χ2v) is 10.7. The predicted octanol–water partition coefficient (Wildman–Crippen LogP) is 1.99. The molecule has 34 heavy (non-hydrogen) atoms. The van der Waals surface area contributed by atoms with Crippen molar-refractivity contribution in [1.29, 1.82) is 0 Å². The normalized spacial score (nSPS) is 27.7. The number of ether oxygens (including phenoxy) is 2. The first-order chi connectivity index (χ1) is 16.4. The van der Waals surface area contributed by atoms with Crippen LogP contribution in [0.3, 0.4) is 0 Å². The number of piperidine rings is 1. The van der Waals surface area contributed by atoms with E-state index in [9.17, 15) is 4.79 Å². The maximum absolute atomic E-state index is 12.6. The minimum Gasteiger partial charge on any atom is -0.486 e. The van der Waals surface area contributed by atoms with E-state index in [1.54, 1.807) is 29.2 Å². The van der Waals surface area contributed by atoms with Gasteiger partial charge in [0.2, 0.25) is 0 Å². The van der Waals surface area contributed by atoms with Crippen molar-refractivity contribution >= 4 is 29.4 Å². The summed E-state index contributed by atoms with van der Waals surface area (Å²) in [6.45, 7) is 5.71. The van der Waals surface area contributed by atoms with E-state index in [4.69, 9.17) is 15.2 Å². The highest BCUT2D eigenvalue weighted by atomic mass is 32.2. The number of hydrogen-bond donors (Lipinski definition) is 1. The van der Waals surface area contributed by atoms with Crippen molar-refractivity contribution in [2.75, 3.05) is 49.7 Å². The molecule has 11 heteroatoms. The van der Waals surface area contributed by atoms with E-state index in [0.717, 1.165) is 48.3 Å². The van der Waals surface area contributed by atoms with Crippen LogP contribution < -0.4 is 20.3 Å². The number of amides is 2. The number of carbonyl (C=O) groups is 1. The Morgan fingerprint density at radius 3 is 2.74 bits per heavy atom. The Labute approximate surface area is 202 Å². The lowest BCUT2D eigenvalue weighted by Gasteiger charge is -2.41. The zero-order valence-corrected chi connectivity index (χ0v) is 20.2. The number of fused-ring (bicyclic) bond motifs is 3. The molecule has 3 saturated heterocycles. The Morgan fingerprint density at radius 1 is 1.21 bits per heavy atom. The van der Waals surface area contributed by atoms with Crippen molar-refractivity contribution in [3.05, 3.63) is 24.7 Å². The molecule has 0 aromatic carbocycles. The van der Waals surface area contributed by atoms with E-state index in [0.29, 0.717) is 24.7 Å². The quantitative estimate of drug-likeness (QED) is 0.701. The lowest BCUT2D eigenvalue weighted by atomic mass is 9.73. The van der Waals surface area contributed by atoms with Crippen molar-refractivity contribution in [1.82, 2.24) is 19.9 Å². The van der Waals surface area contributed by atoms with Gasteiger partial charge in [-0.2, -0.15) is 0 Å². The molecule has 2 aromatic heterocycles. The van der Waals surface area contributed by atoms with Crippen molar-refractivity contribution < 1.29 is 14.3 Å². The molecule has 4 aliphatic rings. The zero-order chi connectivity index (χ0) is 23.4. The first kappa shape index (κ1) is 21.9. The molecule has 3 fully saturated rings. The summed E-state index contributed by atoms with van der Waals surface area (Å²) in [5.41, 5.74) is 6.53. The monoisotopic (exact) mass is 483 g/mol. The van der Waals surface area contributed by atoms with E-state index >= 15 is 0 Å². The third kappa shape index (κ3) is 3.48. The van der Waals surface area contributed by atoms with Crippen LogP contribution in [0.2, 0.25) is 0 Å². The van der Waals surface area contributed by atoms with Gasteiger partial charge in [-0.25, -0.2) is 19.7 Å². The SMILES string of the molecule is C[C@@H]1OCC2(CCN(c3cnc(Sc4ccnc5c4OCC4CN(C)C(=O)N54)cn3)CC2)[C@@H]1N. The van der Waals surface area contributed by atoms with Gasteiger partial charge in [-0.05, 0) is 25.8 Å². The smallest absolute Gasteiger partial charge is 0.326 e. The molecule has 0 bridgehead atoms. The molecule has 0 aliphatic carbocycles. The zero-order valence-electron chi connectivity index (χ0n) is 19.4. The Balaban J connectivity index is 1.15. The summed E-state index contributed by atoms with van der Waals surface area (Å²) in [5.74, 6) is 2.08. The summed E-state index contributed by atoms with van der Waals surface area (Å²) < 4.78 is 11.9. The molecule has 0 radical (unpaired) electrons. The largest absolute Gasteiger partial charge is 0.486 e. The van der Waals surface area contributed by atoms with Crippen molar-refractivity contribution in [3.8, 4) is 5.75 Å². The fourth-order valence-electron chi connectivity index (χ4n) is 5.49. The summed E-state index contributed by atoms with van der Waals surface area (Å²) >= 11 is 1.47. The number of nitrogens with zero attached hydrogens (tertiary/aromatic N) is 6. The van der Waals surface area contributed by atoms with Gasteiger partial charge in [0.05, 0.1) is 36.0 Å². The standard InChI is InChI=1S/C23H29N7O3S/c1-14-20(24)23(13-33-14)4-7-29(8-5-23)17-9-27-18(10-26-17)34-16-3-6-25-21-19(16)32-12-15-11-28(2)22(31)30(15)21/h3,6,9-10,14-15,20H,4-5,7-8,11-13,24H2,1-2H3/t14-,15?,20+/m0/s1. The highest BCUT2D eigenvalue weighted by molar-refractivity contribution is 7.99. The number of rotatable bonds is 3. The fraction of sp³-hybridized carbons (Fsp3) is 0.565. The first-order valence-electron chi connectivity index (χ1n) is 11.7. The Kier molecular flexibility index (Phi) is 5.30. The van der Waals surface area contributed by atoms with Crippen LogP contribution in [0.4, 0.5) is 16.4 Å². The molecule has 2 N–H and O–H groups in total.